The molecular weight excluding hydrogens is 241 g/mol. The zero-order valence-electron chi connectivity index (χ0n) is 11.8. The maximum absolute atomic E-state index is 13.2. The van der Waals surface area contributed by atoms with Crippen LogP contribution in [0.15, 0.2) is 18.2 Å². The lowest BCUT2D eigenvalue weighted by atomic mass is 10.0. The molecule has 0 radical (unpaired) electrons. The van der Waals surface area contributed by atoms with Crippen LogP contribution in [-0.4, -0.2) is 13.2 Å². The predicted octanol–water partition coefficient (Wildman–Crippen LogP) is 4.61. The summed E-state index contributed by atoms with van der Waals surface area (Å²) in [4.78, 5) is 0. The van der Waals surface area contributed by atoms with Crippen molar-refractivity contribution in [3.8, 4) is 5.75 Å². The van der Waals surface area contributed by atoms with Crippen molar-refractivity contribution in [3.05, 3.63) is 24.0 Å². The van der Waals surface area contributed by atoms with Gasteiger partial charge in [0.05, 0.1) is 12.3 Å². The van der Waals surface area contributed by atoms with Gasteiger partial charge in [-0.15, -0.1) is 0 Å². The zero-order valence-corrected chi connectivity index (χ0v) is 11.8. The Bertz CT molecular complexity index is 386. The molecule has 1 aliphatic carbocycles. The van der Waals surface area contributed by atoms with E-state index in [1.807, 2.05) is 6.92 Å². The van der Waals surface area contributed by atoms with Crippen molar-refractivity contribution in [3.63, 3.8) is 0 Å². The quantitative estimate of drug-likeness (QED) is 0.785. The highest BCUT2D eigenvalue weighted by Crippen LogP contribution is 2.28. The summed E-state index contributed by atoms with van der Waals surface area (Å²) >= 11 is 0. The fourth-order valence-corrected chi connectivity index (χ4v) is 2.74. The Morgan fingerprint density at radius 1 is 1.21 bits per heavy atom. The molecule has 2 nitrogen and oxygen atoms in total. The molecule has 1 aliphatic rings. The van der Waals surface area contributed by atoms with Crippen molar-refractivity contribution in [2.24, 2.45) is 5.92 Å². The molecular formula is C16H24FNO. The number of benzene rings is 1. The molecule has 0 spiro atoms. The first-order valence-electron chi connectivity index (χ1n) is 7.46. The van der Waals surface area contributed by atoms with Crippen LogP contribution in [0.2, 0.25) is 0 Å². The Balaban J connectivity index is 1.94. The second-order valence-corrected chi connectivity index (χ2v) is 5.31. The van der Waals surface area contributed by atoms with E-state index < -0.39 is 0 Å². The summed E-state index contributed by atoms with van der Waals surface area (Å²) in [7, 11) is 0. The van der Waals surface area contributed by atoms with Gasteiger partial charge in [0.1, 0.15) is 11.6 Å². The average molecular weight is 265 g/mol. The largest absolute Gasteiger partial charge is 0.492 e. The molecule has 1 N–H and O–H groups in total. The third-order valence-corrected chi connectivity index (χ3v) is 3.80. The van der Waals surface area contributed by atoms with Crippen LogP contribution >= 0.6 is 0 Å². The summed E-state index contributed by atoms with van der Waals surface area (Å²) in [6.45, 7) is 3.44. The van der Waals surface area contributed by atoms with Gasteiger partial charge in [-0.3, -0.25) is 0 Å². The van der Waals surface area contributed by atoms with Crippen LogP contribution in [0.25, 0.3) is 0 Å². The number of anilines is 1. The summed E-state index contributed by atoms with van der Waals surface area (Å²) in [5.41, 5.74) is 0.910. The number of hydrogen-bond acceptors (Lipinski definition) is 2. The van der Waals surface area contributed by atoms with E-state index in [4.69, 9.17) is 4.74 Å². The van der Waals surface area contributed by atoms with E-state index in [1.54, 1.807) is 6.07 Å². The number of ether oxygens (including phenoxy) is 1. The molecule has 0 heterocycles. The highest BCUT2D eigenvalue weighted by molar-refractivity contribution is 5.56. The van der Waals surface area contributed by atoms with E-state index >= 15 is 0 Å². The van der Waals surface area contributed by atoms with E-state index in [0.29, 0.717) is 12.4 Å². The molecule has 0 unspecified atom stereocenters. The normalized spacial score (nSPS) is 16.9. The molecule has 0 amide bonds. The summed E-state index contributed by atoms with van der Waals surface area (Å²) in [5, 5.41) is 3.43. The van der Waals surface area contributed by atoms with E-state index in [-0.39, 0.29) is 5.82 Å². The van der Waals surface area contributed by atoms with Crippen LogP contribution < -0.4 is 10.1 Å². The minimum absolute atomic E-state index is 0.247. The molecule has 0 aliphatic heterocycles. The SMILES string of the molecule is CCOc1cc(F)ccc1NCC1CCCCCC1. The molecule has 0 saturated heterocycles. The zero-order chi connectivity index (χ0) is 13.5. The number of rotatable bonds is 5. The van der Waals surface area contributed by atoms with Crippen molar-refractivity contribution < 1.29 is 9.13 Å². The molecule has 1 saturated carbocycles. The maximum Gasteiger partial charge on any atom is 0.145 e. The van der Waals surface area contributed by atoms with Crippen LogP contribution in [0.1, 0.15) is 45.4 Å². The number of nitrogens with one attached hydrogen (secondary N) is 1. The van der Waals surface area contributed by atoms with Crippen molar-refractivity contribution in [1.29, 1.82) is 0 Å². The fourth-order valence-electron chi connectivity index (χ4n) is 2.74. The van der Waals surface area contributed by atoms with E-state index in [2.05, 4.69) is 5.32 Å². The summed E-state index contributed by atoms with van der Waals surface area (Å²) in [6.07, 6.45) is 8.03. The minimum atomic E-state index is -0.247. The van der Waals surface area contributed by atoms with Crippen molar-refractivity contribution in [2.45, 2.75) is 45.4 Å². The lowest BCUT2D eigenvalue weighted by Crippen LogP contribution is -2.14. The van der Waals surface area contributed by atoms with E-state index in [9.17, 15) is 4.39 Å². The Labute approximate surface area is 115 Å². The topological polar surface area (TPSA) is 21.3 Å². The number of hydrogen-bond donors (Lipinski definition) is 1. The first kappa shape index (κ1) is 14.2. The molecule has 0 bridgehead atoms. The molecule has 2 rings (SSSR count). The highest BCUT2D eigenvalue weighted by atomic mass is 19.1. The van der Waals surface area contributed by atoms with Crippen LogP contribution in [-0.2, 0) is 0 Å². The molecule has 1 fully saturated rings. The lowest BCUT2D eigenvalue weighted by molar-refractivity contribution is 0.339. The second kappa shape index (κ2) is 7.37. The van der Waals surface area contributed by atoms with Gasteiger partial charge in [-0.25, -0.2) is 4.39 Å². The molecule has 1 aromatic rings. The van der Waals surface area contributed by atoms with E-state index in [0.717, 1.165) is 18.2 Å². The Morgan fingerprint density at radius 3 is 2.63 bits per heavy atom. The van der Waals surface area contributed by atoms with Gasteiger partial charge in [-0.2, -0.15) is 0 Å². The third kappa shape index (κ3) is 4.41. The third-order valence-electron chi connectivity index (χ3n) is 3.80. The van der Waals surface area contributed by atoms with Crippen molar-refractivity contribution in [1.82, 2.24) is 0 Å². The smallest absolute Gasteiger partial charge is 0.145 e. The minimum Gasteiger partial charge on any atom is -0.492 e. The molecule has 0 atom stereocenters. The van der Waals surface area contributed by atoms with Gasteiger partial charge in [0.25, 0.3) is 0 Å². The monoisotopic (exact) mass is 265 g/mol. The molecule has 3 heteroatoms. The summed E-state index contributed by atoms with van der Waals surface area (Å²) < 4.78 is 18.7. The van der Waals surface area contributed by atoms with Gasteiger partial charge in [-0.1, -0.05) is 25.7 Å². The van der Waals surface area contributed by atoms with Gasteiger partial charge >= 0.3 is 0 Å². The average Bonchev–Trinajstić information content (AvgIpc) is 2.67. The fraction of sp³-hybridized carbons (Fsp3) is 0.625. The molecule has 0 aromatic heterocycles. The van der Waals surface area contributed by atoms with Gasteiger partial charge in [0, 0.05) is 12.6 Å². The summed E-state index contributed by atoms with van der Waals surface area (Å²) in [6, 6.07) is 4.72. The number of halogens is 1. The van der Waals surface area contributed by atoms with Crippen LogP contribution in [0.4, 0.5) is 10.1 Å². The standard InChI is InChI=1S/C16H24FNO/c1-2-19-16-11-14(17)9-10-15(16)18-12-13-7-5-3-4-6-8-13/h9-11,13,18H,2-8,12H2,1H3. The lowest BCUT2D eigenvalue weighted by Gasteiger charge is -2.17. The van der Waals surface area contributed by atoms with E-state index in [1.165, 1.54) is 50.7 Å². The van der Waals surface area contributed by atoms with Gasteiger partial charge < -0.3 is 10.1 Å². The summed E-state index contributed by atoms with van der Waals surface area (Å²) in [5.74, 6) is 1.11. The van der Waals surface area contributed by atoms with Crippen LogP contribution in [0.5, 0.6) is 5.75 Å². The van der Waals surface area contributed by atoms with Gasteiger partial charge in [-0.05, 0) is 37.8 Å². The van der Waals surface area contributed by atoms with Crippen molar-refractivity contribution in [2.75, 3.05) is 18.5 Å². The first-order chi connectivity index (χ1) is 9.29. The molecule has 1 aromatic carbocycles. The Morgan fingerprint density at radius 2 is 1.95 bits per heavy atom. The predicted molar refractivity (Wildman–Crippen MR) is 77.3 cm³/mol. The molecule has 19 heavy (non-hydrogen) atoms. The van der Waals surface area contributed by atoms with Gasteiger partial charge in [0.15, 0.2) is 0 Å². The Kier molecular flexibility index (Phi) is 5.49. The van der Waals surface area contributed by atoms with Crippen molar-refractivity contribution >= 4 is 5.69 Å². The maximum atomic E-state index is 13.2. The van der Waals surface area contributed by atoms with Gasteiger partial charge in [0.2, 0.25) is 0 Å². The van der Waals surface area contributed by atoms with Crippen LogP contribution in [0, 0.1) is 11.7 Å². The second-order valence-electron chi connectivity index (χ2n) is 5.31. The highest BCUT2D eigenvalue weighted by Gasteiger charge is 2.13. The first-order valence-corrected chi connectivity index (χ1v) is 7.46. The Hall–Kier alpha value is -1.25. The molecule has 106 valence electrons. The van der Waals surface area contributed by atoms with Crippen LogP contribution in [0.3, 0.4) is 0 Å².